The van der Waals surface area contributed by atoms with Crippen LogP contribution in [0.2, 0.25) is 0 Å². The first-order chi connectivity index (χ1) is 10.3. The normalized spacial score (nSPS) is 16.7. The summed E-state index contributed by atoms with van der Waals surface area (Å²) >= 11 is 0. The fraction of sp³-hybridized carbons (Fsp3) is 0.533. The van der Waals surface area contributed by atoms with Crippen molar-refractivity contribution in [3.05, 3.63) is 29.8 Å². The molecule has 1 aromatic rings. The highest BCUT2D eigenvalue weighted by atomic mass is 19.4. The van der Waals surface area contributed by atoms with Crippen molar-refractivity contribution in [3.63, 3.8) is 0 Å². The van der Waals surface area contributed by atoms with Crippen LogP contribution in [0, 0.1) is 0 Å². The zero-order valence-corrected chi connectivity index (χ0v) is 12.4. The Kier molecular flexibility index (Phi) is 4.95. The third-order valence-corrected chi connectivity index (χ3v) is 4.13. The lowest BCUT2D eigenvalue weighted by Gasteiger charge is -2.38. The lowest BCUT2D eigenvalue weighted by atomic mass is 10.0. The Morgan fingerprint density at radius 3 is 2.45 bits per heavy atom. The number of carbonyl (C=O) groups excluding carboxylic acids is 1. The van der Waals surface area contributed by atoms with Gasteiger partial charge in [0.2, 0.25) is 5.91 Å². The van der Waals surface area contributed by atoms with E-state index in [-0.39, 0.29) is 24.2 Å². The van der Waals surface area contributed by atoms with Crippen LogP contribution in [-0.4, -0.2) is 43.5 Å². The van der Waals surface area contributed by atoms with Crippen molar-refractivity contribution in [2.24, 2.45) is 5.73 Å². The number of para-hydroxylation sites is 1. The van der Waals surface area contributed by atoms with Crippen LogP contribution in [-0.2, 0) is 11.0 Å². The summed E-state index contributed by atoms with van der Waals surface area (Å²) in [7, 11) is 1.68. The van der Waals surface area contributed by atoms with E-state index in [0.717, 1.165) is 6.07 Å². The molecule has 4 nitrogen and oxygen atoms in total. The molecule has 0 bridgehead atoms. The minimum Gasteiger partial charge on any atom is -0.371 e. The zero-order valence-electron chi connectivity index (χ0n) is 12.4. The summed E-state index contributed by atoms with van der Waals surface area (Å²) < 4.78 is 39.3. The highest BCUT2D eigenvalue weighted by Gasteiger charge is 2.35. The second-order valence-electron chi connectivity index (χ2n) is 5.44. The molecule has 1 aromatic carbocycles. The van der Waals surface area contributed by atoms with Gasteiger partial charge < -0.3 is 15.5 Å². The molecule has 1 fully saturated rings. The summed E-state index contributed by atoms with van der Waals surface area (Å²) in [4.78, 5) is 14.9. The zero-order chi connectivity index (χ0) is 16.3. The van der Waals surface area contributed by atoms with Crippen LogP contribution in [0.5, 0.6) is 0 Å². The van der Waals surface area contributed by atoms with E-state index in [1.807, 2.05) is 0 Å². The van der Waals surface area contributed by atoms with Crippen molar-refractivity contribution in [2.75, 3.05) is 31.6 Å². The summed E-state index contributed by atoms with van der Waals surface area (Å²) in [6, 6.07) is 5.56. The van der Waals surface area contributed by atoms with Gasteiger partial charge in [0.25, 0.3) is 0 Å². The van der Waals surface area contributed by atoms with Gasteiger partial charge in [-0.3, -0.25) is 4.79 Å². The molecule has 1 saturated heterocycles. The molecular formula is C15H20F3N3O. The average molecular weight is 315 g/mol. The number of carbonyl (C=O) groups is 1. The maximum absolute atomic E-state index is 13.1. The van der Waals surface area contributed by atoms with Gasteiger partial charge in [0, 0.05) is 31.9 Å². The average Bonchev–Trinajstić information content (AvgIpc) is 2.52. The molecule has 2 N–H and O–H groups in total. The van der Waals surface area contributed by atoms with Crippen molar-refractivity contribution in [1.82, 2.24) is 4.90 Å². The van der Waals surface area contributed by atoms with Gasteiger partial charge in [-0.1, -0.05) is 12.1 Å². The Bertz CT molecular complexity index is 525. The number of hydrogen-bond acceptors (Lipinski definition) is 3. The minimum absolute atomic E-state index is 0.0228. The lowest BCUT2D eigenvalue weighted by Crippen LogP contribution is -2.47. The van der Waals surface area contributed by atoms with Crippen LogP contribution < -0.4 is 10.6 Å². The molecular weight excluding hydrogens is 295 g/mol. The SMILES string of the molecule is CN(c1ccccc1C(F)(F)F)C1CCN(C(=O)CN)CC1. The van der Waals surface area contributed by atoms with Gasteiger partial charge in [-0.05, 0) is 25.0 Å². The Labute approximate surface area is 127 Å². The van der Waals surface area contributed by atoms with E-state index in [9.17, 15) is 18.0 Å². The van der Waals surface area contributed by atoms with Gasteiger partial charge >= 0.3 is 6.18 Å². The van der Waals surface area contributed by atoms with Gasteiger partial charge in [0.15, 0.2) is 0 Å². The van der Waals surface area contributed by atoms with Crippen LogP contribution in [0.25, 0.3) is 0 Å². The number of nitrogens with zero attached hydrogens (tertiary/aromatic N) is 2. The summed E-state index contributed by atoms with van der Waals surface area (Å²) in [5.74, 6) is -0.114. The number of rotatable bonds is 3. The fourth-order valence-corrected chi connectivity index (χ4v) is 2.85. The van der Waals surface area contributed by atoms with Crippen LogP contribution in [0.15, 0.2) is 24.3 Å². The number of halogens is 3. The predicted octanol–water partition coefficient (Wildman–Crippen LogP) is 2.09. The van der Waals surface area contributed by atoms with E-state index < -0.39 is 11.7 Å². The quantitative estimate of drug-likeness (QED) is 0.929. The molecule has 122 valence electrons. The van der Waals surface area contributed by atoms with E-state index >= 15 is 0 Å². The molecule has 1 heterocycles. The Hall–Kier alpha value is -1.76. The predicted molar refractivity (Wildman–Crippen MR) is 78.5 cm³/mol. The van der Waals surface area contributed by atoms with E-state index in [1.165, 1.54) is 12.1 Å². The monoisotopic (exact) mass is 315 g/mol. The summed E-state index contributed by atoms with van der Waals surface area (Å²) in [5.41, 5.74) is 4.88. The largest absolute Gasteiger partial charge is 0.418 e. The highest BCUT2D eigenvalue weighted by Crippen LogP contribution is 2.37. The third-order valence-electron chi connectivity index (χ3n) is 4.13. The number of alkyl halides is 3. The van der Waals surface area contributed by atoms with Gasteiger partial charge in [-0.2, -0.15) is 13.2 Å². The fourth-order valence-electron chi connectivity index (χ4n) is 2.85. The van der Waals surface area contributed by atoms with E-state index in [1.54, 1.807) is 22.9 Å². The van der Waals surface area contributed by atoms with Crippen LogP contribution in [0.3, 0.4) is 0 Å². The number of nitrogens with two attached hydrogens (primary N) is 1. The molecule has 0 unspecified atom stereocenters. The number of likely N-dealkylation sites (tertiary alicyclic amines) is 1. The van der Waals surface area contributed by atoms with Crippen molar-refractivity contribution >= 4 is 11.6 Å². The summed E-state index contributed by atoms with van der Waals surface area (Å²) in [6.07, 6.45) is -3.11. The molecule has 0 aromatic heterocycles. The first-order valence-corrected chi connectivity index (χ1v) is 7.21. The smallest absolute Gasteiger partial charge is 0.371 e. The second-order valence-corrected chi connectivity index (χ2v) is 5.44. The maximum Gasteiger partial charge on any atom is 0.418 e. The number of piperidine rings is 1. The molecule has 0 atom stereocenters. The third kappa shape index (κ3) is 3.52. The van der Waals surface area contributed by atoms with Gasteiger partial charge in [-0.15, -0.1) is 0 Å². The topological polar surface area (TPSA) is 49.6 Å². The molecule has 2 rings (SSSR count). The number of anilines is 1. The summed E-state index contributed by atoms with van der Waals surface area (Å²) in [5, 5.41) is 0. The van der Waals surface area contributed by atoms with Gasteiger partial charge in [-0.25, -0.2) is 0 Å². The standard InChI is InChI=1S/C15H20F3N3O/c1-20(11-6-8-21(9-7-11)14(22)10-19)13-5-3-2-4-12(13)15(16,17)18/h2-5,11H,6-10,19H2,1H3. The van der Waals surface area contributed by atoms with Gasteiger partial charge in [0.1, 0.15) is 0 Å². The number of hydrogen-bond donors (Lipinski definition) is 1. The molecule has 1 amide bonds. The van der Waals surface area contributed by atoms with E-state index in [0.29, 0.717) is 25.9 Å². The highest BCUT2D eigenvalue weighted by molar-refractivity contribution is 5.78. The molecule has 0 spiro atoms. The van der Waals surface area contributed by atoms with Crippen molar-refractivity contribution in [2.45, 2.75) is 25.1 Å². The first-order valence-electron chi connectivity index (χ1n) is 7.21. The van der Waals surface area contributed by atoms with Crippen molar-refractivity contribution in [1.29, 1.82) is 0 Å². The van der Waals surface area contributed by atoms with Crippen molar-refractivity contribution in [3.8, 4) is 0 Å². The Morgan fingerprint density at radius 1 is 1.32 bits per heavy atom. The first kappa shape index (κ1) is 16.6. The molecule has 0 saturated carbocycles. The maximum atomic E-state index is 13.1. The number of benzene rings is 1. The lowest BCUT2D eigenvalue weighted by molar-refractivity contribution is -0.137. The van der Waals surface area contributed by atoms with Crippen molar-refractivity contribution < 1.29 is 18.0 Å². The van der Waals surface area contributed by atoms with Crippen LogP contribution in [0.1, 0.15) is 18.4 Å². The van der Waals surface area contributed by atoms with Crippen LogP contribution >= 0.6 is 0 Å². The number of amides is 1. The molecule has 22 heavy (non-hydrogen) atoms. The van der Waals surface area contributed by atoms with E-state index in [4.69, 9.17) is 5.73 Å². The Morgan fingerprint density at radius 2 is 1.91 bits per heavy atom. The Balaban J connectivity index is 2.11. The minimum atomic E-state index is -4.37. The van der Waals surface area contributed by atoms with E-state index in [2.05, 4.69) is 0 Å². The van der Waals surface area contributed by atoms with Crippen LogP contribution in [0.4, 0.5) is 18.9 Å². The summed E-state index contributed by atoms with van der Waals surface area (Å²) in [6.45, 7) is 1.02. The molecule has 7 heteroatoms. The molecule has 0 radical (unpaired) electrons. The second kappa shape index (κ2) is 6.56. The van der Waals surface area contributed by atoms with Gasteiger partial charge in [0.05, 0.1) is 12.1 Å². The molecule has 0 aliphatic carbocycles. The molecule has 1 aliphatic rings. The molecule has 1 aliphatic heterocycles.